The number of methoxy groups -OCH3 is 1. The summed E-state index contributed by atoms with van der Waals surface area (Å²) >= 11 is 1.58. The number of furan rings is 1. The zero-order valence-electron chi connectivity index (χ0n) is 17.0. The molecule has 32 heavy (non-hydrogen) atoms. The minimum absolute atomic E-state index is 0.108. The van der Waals surface area contributed by atoms with Crippen LogP contribution in [0.25, 0.3) is 32.1 Å². The Labute approximate surface area is 187 Å². The van der Waals surface area contributed by atoms with E-state index in [1.54, 1.807) is 41.7 Å². The van der Waals surface area contributed by atoms with Crippen molar-refractivity contribution >= 4 is 33.1 Å². The van der Waals surface area contributed by atoms with Gasteiger partial charge in [0.2, 0.25) is 0 Å². The molecule has 0 aliphatic rings. The smallest absolute Gasteiger partial charge is 0.291 e. The summed E-state index contributed by atoms with van der Waals surface area (Å²) in [6.07, 6.45) is 0. The van der Waals surface area contributed by atoms with Gasteiger partial charge in [0.1, 0.15) is 22.3 Å². The average Bonchev–Trinajstić information content (AvgIpc) is 3.47. The third-order valence-corrected chi connectivity index (χ3v) is 6.01. The number of rotatable bonds is 5. The topological polar surface area (TPSA) is 64.4 Å². The maximum atomic E-state index is 13.5. The number of ether oxygens (including phenoxy) is 1. The fraction of sp³-hybridized carbons (Fsp3) is 0.0400. The first-order valence-electron chi connectivity index (χ1n) is 9.82. The van der Waals surface area contributed by atoms with Crippen LogP contribution in [0, 0.1) is 5.82 Å². The second-order valence-electron chi connectivity index (χ2n) is 7.03. The predicted octanol–water partition coefficient (Wildman–Crippen LogP) is 6.62. The van der Waals surface area contributed by atoms with Crippen molar-refractivity contribution in [3.63, 3.8) is 0 Å². The number of nitrogens with one attached hydrogen (secondary N) is 1. The summed E-state index contributed by atoms with van der Waals surface area (Å²) in [5, 5.41) is 3.69. The molecule has 0 bridgehead atoms. The van der Waals surface area contributed by atoms with E-state index < -0.39 is 5.91 Å². The van der Waals surface area contributed by atoms with E-state index in [1.807, 2.05) is 36.4 Å². The molecule has 0 unspecified atom stereocenters. The van der Waals surface area contributed by atoms with Crippen molar-refractivity contribution in [3.05, 3.63) is 90.4 Å². The van der Waals surface area contributed by atoms with Gasteiger partial charge in [-0.3, -0.25) is 4.79 Å². The molecule has 2 aromatic heterocycles. The van der Waals surface area contributed by atoms with Crippen molar-refractivity contribution in [3.8, 4) is 27.6 Å². The number of thiazole rings is 1. The van der Waals surface area contributed by atoms with Gasteiger partial charge >= 0.3 is 0 Å². The molecule has 0 spiro atoms. The lowest BCUT2D eigenvalue weighted by molar-refractivity contribution is 0.0997. The highest BCUT2D eigenvalue weighted by Gasteiger charge is 2.16. The van der Waals surface area contributed by atoms with Gasteiger partial charge in [0.25, 0.3) is 5.91 Å². The molecule has 0 fully saturated rings. The van der Waals surface area contributed by atoms with Crippen LogP contribution in [0.1, 0.15) is 10.6 Å². The van der Waals surface area contributed by atoms with Gasteiger partial charge in [-0.05, 0) is 54.6 Å². The number of benzene rings is 3. The van der Waals surface area contributed by atoms with Gasteiger partial charge in [-0.2, -0.15) is 0 Å². The fourth-order valence-corrected chi connectivity index (χ4v) is 4.34. The molecule has 0 saturated carbocycles. The zero-order valence-corrected chi connectivity index (χ0v) is 17.8. The maximum absolute atomic E-state index is 13.5. The van der Waals surface area contributed by atoms with E-state index in [2.05, 4.69) is 10.3 Å². The monoisotopic (exact) mass is 444 g/mol. The van der Waals surface area contributed by atoms with Gasteiger partial charge in [0.05, 0.1) is 23.0 Å². The zero-order chi connectivity index (χ0) is 22.1. The molecule has 3 aromatic carbocycles. The number of para-hydroxylation sites is 1. The first-order chi connectivity index (χ1) is 15.6. The first-order valence-corrected chi connectivity index (χ1v) is 10.6. The Morgan fingerprint density at radius 1 is 1.00 bits per heavy atom. The van der Waals surface area contributed by atoms with Crippen LogP contribution in [0.4, 0.5) is 10.1 Å². The van der Waals surface area contributed by atoms with Crippen LogP contribution < -0.4 is 10.1 Å². The van der Waals surface area contributed by atoms with Crippen molar-refractivity contribution in [1.82, 2.24) is 4.98 Å². The lowest BCUT2D eigenvalue weighted by atomic mass is 10.2. The number of aromatic nitrogens is 1. The van der Waals surface area contributed by atoms with Crippen molar-refractivity contribution in [2.24, 2.45) is 0 Å². The van der Waals surface area contributed by atoms with Gasteiger partial charge in [0.15, 0.2) is 5.76 Å². The second kappa shape index (κ2) is 8.28. The predicted molar refractivity (Wildman–Crippen MR) is 124 cm³/mol. The van der Waals surface area contributed by atoms with Gasteiger partial charge < -0.3 is 14.5 Å². The molecular weight excluding hydrogens is 427 g/mol. The van der Waals surface area contributed by atoms with E-state index in [0.29, 0.717) is 22.8 Å². The first kappa shape index (κ1) is 20.0. The molecule has 7 heteroatoms. The molecule has 0 radical (unpaired) electrons. The summed E-state index contributed by atoms with van der Waals surface area (Å²) in [5.74, 6) is 0.218. The number of carbonyl (C=O) groups excluding carboxylic acids is 1. The highest BCUT2D eigenvalue weighted by atomic mass is 32.1. The van der Waals surface area contributed by atoms with E-state index in [4.69, 9.17) is 9.15 Å². The van der Waals surface area contributed by atoms with E-state index in [-0.39, 0.29) is 11.6 Å². The Balaban J connectivity index is 1.43. The number of fused-ring (bicyclic) bond motifs is 1. The number of anilines is 1. The molecule has 158 valence electrons. The third kappa shape index (κ3) is 3.86. The molecular formula is C25H17FN2O3S. The van der Waals surface area contributed by atoms with Gasteiger partial charge in [0, 0.05) is 11.1 Å². The van der Waals surface area contributed by atoms with Crippen LogP contribution in [-0.2, 0) is 0 Å². The van der Waals surface area contributed by atoms with Crippen molar-refractivity contribution in [2.45, 2.75) is 0 Å². The summed E-state index contributed by atoms with van der Waals surface area (Å²) < 4.78 is 25.7. The Bertz CT molecular complexity index is 1410. The summed E-state index contributed by atoms with van der Waals surface area (Å²) in [6, 6.07) is 22.6. The maximum Gasteiger partial charge on any atom is 0.291 e. The number of nitrogens with zero attached hydrogens (tertiary/aromatic N) is 1. The lowest BCUT2D eigenvalue weighted by Crippen LogP contribution is -2.11. The summed E-state index contributed by atoms with van der Waals surface area (Å²) in [7, 11) is 1.54. The lowest BCUT2D eigenvalue weighted by Gasteiger charge is -2.10. The van der Waals surface area contributed by atoms with Gasteiger partial charge in [-0.1, -0.05) is 24.3 Å². The van der Waals surface area contributed by atoms with Crippen LogP contribution in [0.15, 0.2) is 83.3 Å². The highest BCUT2D eigenvalue weighted by Crippen LogP contribution is 2.35. The summed E-state index contributed by atoms with van der Waals surface area (Å²) in [4.78, 5) is 17.5. The standard InChI is InChI=1S/C25H17FN2O3S/c1-30-21-10-9-16(25-28-18-7-2-3-8-23(18)32-25)14-19(21)27-24(29)22-12-11-20(31-22)15-5-4-6-17(26)13-15/h2-14H,1H3,(H,27,29). The number of amides is 1. The largest absolute Gasteiger partial charge is 0.495 e. The Hall–Kier alpha value is -3.97. The molecule has 5 nitrogen and oxygen atoms in total. The van der Waals surface area contributed by atoms with Gasteiger partial charge in [-0.15, -0.1) is 11.3 Å². The molecule has 5 aromatic rings. The number of carbonyl (C=O) groups is 1. The van der Waals surface area contributed by atoms with Gasteiger partial charge in [-0.25, -0.2) is 9.37 Å². The second-order valence-corrected chi connectivity index (χ2v) is 8.06. The van der Waals surface area contributed by atoms with E-state index in [9.17, 15) is 9.18 Å². The van der Waals surface area contributed by atoms with Crippen LogP contribution >= 0.6 is 11.3 Å². The Morgan fingerprint density at radius 3 is 2.69 bits per heavy atom. The number of hydrogen-bond acceptors (Lipinski definition) is 5. The Kier molecular flexibility index (Phi) is 5.17. The highest BCUT2D eigenvalue weighted by molar-refractivity contribution is 7.21. The molecule has 0 aliphatic carbocycles. The molecule has 2 heterocycles. The minimum atomic E-state index is -0.438. The fourth-order valence-electron chi connectivity index (χ4n) is 3.38. The quantitative estimate of drug-likeness (QED) is 0.331. The molecule has 0 saturated heterocycles. The van der Waals surface area contributed by atoms with E-state index in [0.717, 1.165) is 20.8 Å². The molecule has 1 amide bonds. The van der Waals surface area contributed by atoms with Crippen molar-refractivity contribution < 1.29 is 18.3 Å². The molecule has 5 rings (SSSR count). The van der Waals surface area contributed by atoms with E-state index >= 15 is 0 Å². The third-order valence-electron chi connectivity index (χ3n) is 4.93. The summed E-state index contributed by atoms with van der Waals surface area (Å²) in [5.41, 5.74) is 2.84. The van der Waals surface area contributed by atoms with E-state index in [1.165, 1.54) is 19.2 Å². The molecule has 0 aliphatic heterocycles. The van der Waals surface area contributed by atoms with Crippen molar-refractivity contribution in [2.75, 3.05) is 12.4 Å². The minimum Gasteiger partial charge on any atom is -0.495 e. The normalized spacial score (nSPS) is 10.9. The summed E-state index contributed by atoms with van der Waals surface area (Å²) in [6.45, 7) is 0. The molecule has 0 atom stereocenters. The van der Waals surface area contributed by atoms with Crippen LogP contribution in [0.5, 0.6) is 5.75 Å². The number of hydrogen-bond donors (Lipinski definition) is 1. The van der Waals surface area contributed by atoms with Crippen LogP contribution in [0.2, 0.25) is 0 Å². The SMILES string of the molecule is COc1ccc(-c2nc3ccccc3s2)cc1NC(=O)c1ccc(-c2cccc(F)c2)o1. The van der Waals surface area contributed by atoms with Crippen molar-refractivity contribution in [1.29, 1.82) is 0 Å². The average molecular weight is 444 g/mol. The Morgan fingerprint density at radius 2 is 1.88 bits per heavy atom. The van der Waals surface area contributed by atoms with Crippen LogP contribution in [-0.4, -0.2) is 18.0 Å². The number of halogens is 1. The van der Waals surface area contributed by atoms with Crippen LogP contribution in [0.3, 0.4) is 0 Å². The molecule has 1 N–H and O–H groups in total.